The summed E-state index contributed by atoms with van der Waals surface area (Å²) in [7, 11) is 0. The molecule has 0 radical (unpaired) electrons. The third kappa shape index (κ3) is 4.24. The maximum Gasteiger partial charge on any atom is 0.416 e. The molecule has 2 N–H and O–H groups in total. The number of rotatable bonds is 2. The van der Waals surface area contributed by atoms with E-state index in [2.05, 4.69) is 10.6 Å². The molecule has 0 spiro atoms. The highest BCUT2D eigenvalue weighted by molar-refractivity contribution is 5.99. The lowest BCUT2D eigenvalue weighted by atomic mass is 10.2. The predicted octanol–water partition coefficient (Wildman–Crippen LogP) is 4.66. The van der Waals surface area contributed by atoms with Gasteiger partial charge < -0.3 is 10.6 Å². The zero-order valence-electron chi connectivity index (χ0n) is 11.2. The van der Waals surface area contributed by atoms with Crippen LogP contribution in [0, 0.1) is 6.92 Å². The number of benzene rings is 2. The van der Waals surface area contributed by atoms with E-state index in [1.807, 2.05) is 19.1 Å². The molecular formula is C15H13F3N2O. The standard InChI is InChI=1S/C15H13F3N2O/c1-10-2-6-12(7-3-10)19-14(21)20-13-8-4-11(5-9-13)15(16,17)18/h2-9H,1H3,(H2,19,20,21). The van der Waals surface area contributed by atoms with Crippen molar-refractivity contribution in [2.45, 2.75) is 13.1 Å². The van der Waals surface area contributed by atoms with Crippen LogP contribution in [0.2, 0.25) is 0 Å². The minimum absolute atomic E-state index is 0.285. The smallest absolute Gasteiger partial charge is 0.308 e. The maximum atomic E-state index is 12.4. The second kappa shape index (κ2) is 5.87. The van der Waals surface area contributed by atoms with E-state index in [-0.39, 0.29) is 5.69 Å². The number of hydrogen-bond acceptors (Lipinski definition) is 1. The molecule has 0 aromatic heterocycles. The molecule has 2 amide bonds. The summed E-state index contributed by atoms with van der Waals surface area (Å²) in [6.07, 6.45) is -4.39. The highest BCUT2D eigenvalue weighted by atomic mass is 19.4. The summed E-state index contributed by atoms with van der Waals surface area (Å²) in [5, 5.41) is 5.06. The average molecular weight is 294 g/mol. The van der Waals surface area contributed by atoms with Gasteiger partial charge >= 0.3 is 12.2 Å². The van der Waals surface area contributed by atoms with Crippen LogP contribution in [-0.4, -0.2) is 6.03 Å². The van der Waals surface area contributed by atoms with Crippen molar-refractivity contribution in [3.63, 3.8) is 0 Å². The second-order valence-corrected chi connectivity index (χ2v) is 4.52. The molecule has 6 heteroatoms. The highest BCUT2D eigenvalue weighted by Gasteiger charge is 2.29. The molecule has 0 bridgehead atoms. The average Bonchev–Trinajstić information content (AvgIpc) is 2.41. The van der Waals surface area contributed by atoms with Gasteiger partial charge in [0.2, 0.25) is 0 Å². The number of amides is 2. The van der Waals surface area contributed by atoms with Crippen LogP contribution in [0.3, 0.4) is 0 Å². The maximum absolute atomic E-state index is 12.4. The summed E-state index contributed by atoms with van der Waals surface area (Å²) >= 11 is 0. The van der Waals surface area contributed by atoms with Crippen molar-refractivity contribution < 1.29 is 18.0 Å². The predicted molar refractivity (Wildman–Crippen MR) is 75.3 cm³/mol. The number of hydrogen-bond donors (Lipinski definition) is 2. The number of nitrogens with one attached hydrogen (secondary N) is 2. The first kappa shape index (κ1) is 14.9. The molecule has 21 heavy (non-hydrogen) atoms. The molecule has 0 saturated heterocycles. The van der Waals surface area contributed by atoms with Crippen LogP contribution >= 0.6 is 0 Å². The minimum atomic E-state index is -4.39. The lowest BCUT2D eigenvalue weighted by Gasteiger charge is -2.10. The molecule has 0 aliphatic heterocycles. The van der Waals surface area contributed by atoms with Crippen LogP contribution in [0.15, 0.2) is 48.5 Å². The number of urea groups is 1. The SMILES string of the molecule is Cc1ccc(NC(=O)Nc2ccc(C(F)(F)F)cc2)cc1. The van der Waals surface area contributed by atoms with Gasteiger partial charge in [0.15, 0.2) is 0 Å². The van der Waals surface area contributed by atoms with Gasteiger partial charge in [-0.2, -0.15) is 13.2 Å². The fourth-order valence-electron chi connectivity index (χ4n) is 1.67. The molecule has 3 nitrogen and oxygen atoms in total. The van der Waals surface area contributed by atoms with Crippen molar-refractivity contribution in [2.75, 3.05) is 10.6 Å². The van der Waals surface area contributed by atoms with Gasteiger partial charge in [0.1, 0.15) is 0 Å². The number of aryl methyl sites for hydroxylation is 1. The normalized spacial score (nSPS) is 11.0. The van der Waals surface area contributed by atoms with E-state index in [1.165, 1.54) is 12.1 Å². The molecule has 2 aromatic carbocycles. The second-order valence-electron chi connectivity index (χ2n) is 4.52. The molecule has 2 aromatic rings. The van der Waals surface area contributed by atoms with Crippen molar-refractivity contribution in [1.29, 1.82) is 0 Å². The van der Waals surface area contributed by atoms with E-state index in [0.717, 1.165) is 17.7 Å². The van der Waals surface area contributed by atoms with Crippen LogP contribution in [0.5, 0.6) is 0 Å². The van der Waals surface area contributed by atoms with Gasteiger partial charge in [-0.15, -0.1) is 0 Å². The van der Waals surface area contributed by atoms with Crippen molar-refractivity contribution in [3.8, 4) is 0 Å². The first-order valence-corrected chi connectivity index (χ1v) is 6.16. The van der Waals surface area contributed by atoms with Crippen LogP contribution in [0.25, 0.3) is 0 Å². The van der Waals surface area contributed by atoms with Crippen molar-refractivity contribution in [1.82, 2.24) is 0 Å². The molecule has 2 rings (SSSR count). The molecule has 0 fully saturated rings. The zero-order valence-corrected chi connectivity index (χ0v) is 11.2. The molecule has 0 aliphatic rings. The first-order chi connectivity index (χ1) is 9.84. The molecule has 0 aliphatic carbocycles. The van der Waals surface area contributed by atoms with E-state index >= 15 is 0 Å². The Morgan fingerprint density at radius 1 is 0.857 bits per heavy atom. The van der Waals surface area contributed by atoms with Crippen LogP contribution in [0.1, 0.15) is 11.1 Å². The largest absolute Gasteiger partial charge is 0.416 e. The Hall–Kier alpha value is -2.50. The monoisotopic (exact) mass is 294 g/mol. The number of carbonyl (C=O) groups is 1. The molecule has 0 unspecified atom stereocenters. The third-order valence-corrected chi connectivity index (χ3v) is 2.78. The van der Waals surface area contributed by atoms with E-state index in [4.69, 9.17) is 0 Å². The lowest BCUT2D eigenvalue weighted by Crippen LogP contribution is -2.19. The molecule has 0 atom stereocenters. The Balaban J connectivity index is 1.98. The Labute approximate surface area is 119 Å². The Morgan fingerprint density at radius 2 is 1.29 bits per heavy atom. The topological polar surface area (TPSA) is 41.1 Å². The van der Waals surface area contributed by atoms with Gasteiger partial charge in [-0.3, -0.25) is 0 Å². The van der Waals surface area contributed by atoms with E-state index < -0.39 is 17.8 Å². The number of anilines is 2. The van der Waals surface area contributed by atoms with Crippen LogP contribution in [-0.2, 0) is 6.18 Å². The highest BCUT2D eigenvalue weighted by Crippen LogP contribution is 2.29. The molecular weight excluding hydrogens is 281 g/mol. The minimum Gasteiger partial charge on any atom is -0.308 e. The van der Waals surface area contributed by atoms with E-state index in [1.54, 1.807) is 12.1 Å². The number of halogens is 3. The van der Waals surface area contributed by atoms with Crippen LogP contribution in [0.4, 0.5) is 29.3 Å². The molecule has 110 valence electrons. The Kier molecular flexibility index (Phi) is 4.16. The van der Waals surface area contributed by atoms with E-state index in [9.17, 15) is 18.0 Å². The summed E-state index contributed by atoms with van der Waals surface area (Å²) in [5.41, 5.74) is 1.19. The van der Waals surface area contributed by atoms with Gasteiger partial charge in [-0.25, -0.2) is 4.79 Å². The van der Waals surface area contributed by atoms with Gasteiger partial charge in [0.25, 0.3) is 0 Å². The molecule has 0 saturated carbocycles. The summed E-state index contributed by atoms with van der Waals surface area (Å²) in [6, 6.07) is 10.9. The quantitative estimate of drug-likeness (QED) is 0.831. The zero-order chi connectivity index (χ0) is 15.5. The molecule has 0 heterocycles. The Bertz CT molecular complexity index is 619. The summed E-state index contributed by atoms with van der Waals surface area (Å²) < 4.78 is 37.2. The number of carbonyl (C=O) groups excluding carboxylic acids is 1. The summed E-state index contributed by atoms with van der Waals surface area (Å²) in [5.74, 6) is 0. The summed E-state index contributed by atoms with van der Waals surface area (Å²) in [4.78, 5) is 11.7. The van der Waals surface area contributed by atoms with E-state index in [0.29, 0.717) is 5.69 Å². The van der Waals surface area contributed by atoms with Crippen molar-refractivity contribution in [3.05, 3.63) is 59.7 Å². The van der Waals surface area contributed by atoms with Gasteiger partial charge in [-0.1, -0.05) is 17.7 Å². The fourth-order valence-corrected chi connectivity index (χ4v) is 1.67. The van der Waals surface area contributed by atoms with Gasteiger partial charge in [-0.05, 0) is 43.3 Å². The lowest BCUT2D eigenvalue weighted by molar-refractivity contribution is -0.137. The Morgan fingerprint density at radius 3 is 1.71 bits per heavy atom. The van der Waals surface area contributed by atoms with Gasteiger partial charge in [0.05, 0.1) is 5.56 Å². The van der Waals surface area contributed by atoms with Crippen molar-refractivity contribution in [2.24, 2.45) is 0 Å². The summed E-state index contributed by atoms with van der Waals surface area (Å²) in [6.45, 7) is 1.92. The van der Waals surface area contributed by atoms with Crippen molar-refractivity contribution >= 4 is 17.4 Å². The third-order valence-electron chi connectivity index (χ3n) is 2.78. The number of alkyl halides is 3. The van der Waals surface area contributed by atoms with Gasteiger partial charge in [0, 0.05) is 11.4 Å². The van der Waals surface area contributed by atoms with Crippen LogP contribution < -0.4 is 10.6 Å². The fraction of sp³-hybridized carbons (Fsp3) is 0.133. The first-order valence-electron chi connectivity index (χ1n) is 6.16.